The van der Waals surface area contributed by atoms with Crippen LogP contribution in [-0.2, 0) is 0 Å². The fourth-order valence-electron chi connectivity index (χ4n) is 4.23. The van der Waals surface area contributed by atoms with Crippen LogP contribution in [0.2, 0.25) is 0 Å². The second-order valence-electron chi connectivity index (χ2n) is 7.20. The SMILES string of the molecule is O=C(c1ccc(Nc2ccccc2)c([N+](=O)[O-])c1)N1C2CCC1CC(O)C2. The minimum atomic E-state index is -0.476. The molecule has 7 heteroatoms. The Morgan fingerprint density at radius 2 is 1.78 bits per heavy atom. The molecule has 2 N–H and O–H groups in total. The Morgan fingerprint density at radius 1 is 1.11 bits per heavy atom. The fourth-order valence-corrected chi connectivity index (χ4v) is 4.23. The lowest BCUT2D eigenvalue weighted by atomic mass is 9.98. The van der Waals surface area contributed by atoms with E-state index in [1.54, 1.807) is 12.1 Å². The van der Waals surface area contributed by atoms with E-state index in [-0.39, 0.29) is 29.8 Å². The molecule has 2 saturated heterocycles. The van der Waals surface area contributed by atoms with Gasteiger partial charge in [0.1, 0.15) is 5.69 Å². The predicted octanol–water partition coefficient (Wildman–Crippen LogP) is 3.47. The molecule has 27 heavy (non-hydrogen) atoms. The largest absolute Gasteiger partial charge is 0.393 e. The van der Waals surface area contributed by atoms with Gasteiger partial charge in [-0.25, -0.2) is 0 Å². The Kier molecular flexibility index (Phi) is 4.53. The minimum Gasteiger partial charge on any atom is -0.393 e. The molecule has 2 unspecified atom stereocenters. The molecule has 2 aromatic carbocycles. The number of carbonyl (C=O) groups is 1. The van der Waals surface area contributed by atoms with Gasteiger partial charge >= 0.3 is 0 Å². The maximum atomic E-state index is 13.0. The number of para-hydroxylation sites is 1. The van der Waals surface area contributed by atoms with E-state index < -0.39 is 4.92 Å². The number of aliphatic hydroxyl groups excluding tert-OH is 1. The molecule has 2 atom stereocenters. The average Bonchev–Trinajstić information content (AvgIpc) is 2.93. The summed E-state index contributed by atoms with van der Waals surface area (Å²) < 4.78 is 0. The molecule has 2 aromatic rings. The Morgan fingerprint density at radius 3 is 2.41 bits per heavy atom. The number of piperidine rings is 1. The molecule has 7 nitrogen and oxygen atoms in total. The topological polar surface area (TPSA) is 95.7 Å². The van der Waals surface area contributed by atoms with Gasteiger partial charge in [0, 0.05) is 29.4 Å². The van der Waals surface area contributed by atoms with Crippen LogP contribution in [0.25, 0.3) is 0 Å². The molecule has 0 spiro atoms. The summed E-state index contributed by atoms with van der Waals surface area (Å²) in [5.41, 5.74) is 1.27. The van der Waals surface area contributed by atoms with Gasteiger partial charge in [-0.05, 0) is 49.9 Å². The van der Waals surface area contributed by atoms with E-state index in [0.717, 1.165) is 18.5 Å². The summed E-state index contributed by atoms with van der Waals surface area (Å²) in [7, 11) is 0. The van der Waals surface area contributed by atoms with Crippen molar-refractivity contribution in [2.45, 2.75) is 43.9 Å². The number of benzene rings is 2. The number of hydrogen-bond acceptors (Lipinski definition) is 5. The van der Waals surface area contributed by atoms with E-state index in [9.17, 15) is 20.0 Å². The maximum absolute atomic E-state index is 13.0. The zero-order valence-electron chi connectivity index (χ0n) is 14.7. The lowest BCUT2D eigenvalue weighted by Gasteiger charge is -2.37. The summed E-state index contributed by atoms with van der Waals surface area (Å²) in [6.45, 7) is 0. The van der Waals surface area contributed by atoms with Crippen molar-refractivity contribution in [2.24, 2.45) is 0 Å². The van der Waals surface area contributed by atoms with Crippen LogP contribution < -0.4 is 5.32 Å². The zero-order valence-corrected chi connectivity index (χ0v) is 14.7. The third-order valence-electron chi connectivity index (χ3n) is 5.44. The summed E-state index contributed by atoms with van der Waals surface area (Å²) in [5.74, 6) is -0.191. The molecule has 1 amide bonds. The third-order valence-corrected chi connectivity index (χ3v) is 5.44. The highest BCUT2D eigenvalue weighted by atomic mass is 16.6. The second-order valence-corrected chi connectivity index (χ2v) is 7.20. The molecule has 2 aliphatic rings. The van der Waals surface area contributed by atoms with Gasteiger partial charge in [-0.1, -0.05) is 18.2 Å². The molecule has 0 aromatic heterocycles. The van der Waals surface area contributed by atoms with Crippen LogP contribution in [0.15, 0.2) is 48.5 Å². The second kappa shape index (κ2) is 7.00. The monoisotopic (exact) mass is 367 g/mol. The fraction of sp³-hybridized carbons (Fsp3) is 0.350. The van der Waals surface area contributed by atoms with Crippen LogP contribution >= 0.6 is 0 Å². The Bertz CT molecular complexity index is 857. The first kappa shape index (κ1) is 17.5. The van der Waals surface area contributed by atoms with Crippen molar-refractivity contribution in [1.82, 2.24) is 4.90 Å². The minimum absolute atomic E-state index is 0.0208. The van der Waals surface area contributed by atoms with Gasteiger partial charge in [-0.15, -0.1) is 0 Å². The van der Waals surface area contributed by atoms with E-state index in [1.165, 1.54) is 6.07 Å². The standard InChI is InChI=1S/C20H21N3O4/c24-17-11-15-7-8-16(12-17)22(15)20(25)13-6-9-18(19(10-13)23(26)27)21-14-4-2-1-3-5-14/h1-6,9-10,15-17,21,24H,7-8,11-12H2. The quantitative estimate of drug-likeness (QED) is 0.637. The normalized spacial score (nSPS) is 23.9. The van der Waals surface area contributed by atoms with Crippen molar-refractivity contribution in [3.05, 3.63) is 64.2 Å². The number of anilines is 2. The number of nitro groups is 1. The Hall–Kier alpha value is -2.93. The smallest absolute Gasteiger partial charge is 0.293 e. The van der Waals surface area contributed by atoms with E-state index >= 15 is 0 Å². The van der Waals surface area contributed by atoms with Crippen molar-refractivity contribution in [3.63, 3.8) is 0 Å². The molecule has 2 fully saturated rings. The third kappa shape index (κ3) is 3.38. The first-order valence-corrected chi connectivity index (χ1v) is 9.14. The molecule has 4 rings (SSSR count). The Balaban J connectivity index is 1.61. The first-order chi connectivity index (χ1) is 13.0. The van der Waals surface area contributed by atoms with Gasteiger partial charge < -0.3 is 15.3 Å². The summed E-state index contributed by atoms with van der Waals surface area (Å²) in [6.07, 6.45) is 2.56. The van der Waals surface area contributed by atoms with Gasteiger partial charge in [0.25, 0.3) is 11.6 Å². The molecule has 2 aliphatic heterocycles. The maximum Gasteiger partial charge on any atom is 0.293 e. The highest BCUT2D eigenvalue weighted by Gasteiger charge is 2.43. The molecule has 0 radical (unpaired) electrons. The van der Waals surface area contributed by atoms with Gasteiger partial charge in [0.2, 0.25) is 0 Å². The van der Waals surface area contributed by atoms with E-state index in [0.29, 0.717) is 24.1 Å². The van der Waals surface area contributed by atoms with Crippen molar-refractivity contribution in [2.75, 3.05) is 5.32 Å². The van der Waals surface area contributed by atoms with Crippen molar-refractivity contribution < 1.29 is 14.8 Å². The summed E-state index contributed by atoms with van der Waals surface area (Å²) in [4.78, 5) is 25.9. The van der Waals surface area contributed by atoms with Crippen LogP contribution in [0.4, 0.5) is 17.1 Å². The number of aliphatic hydroxyl groups is 1. The molecular weight excluding hydrogens is 346 g/mol. The Labute approximate surface area is 156 Å². The lowest BCUT2D eigenvalue weighted by molar-refractivity contribution is -0.383. The molecule has 0 saturated carbocycles. The molecule has 2 bridgehead atoms. The van der Waals surface area contributed by atoms with Crippen LogP contribution in [-0.4, -0.2) is 39.0 Å². The van der Waals surface area contributed by atoms with E-state index in [1.807, 2.05) is 35.2 Å². The molecule has 0 aliphatic carbocycles. The number of carbonyl (C=O) groups excluding carboxylic acids is 1. The number of rotatable bonds is 4. The van der Waals surface area contributed by atoms with Gasteiger partial charge in [-0.3, -0.25) is 14.9 Å². The van der Waals surface area contributed by atoms with Crippen molar-refractivity contribution in [1.29, 1.82) is 0 Å². The number of hydrogen-bond donors (Lipinski definition) is 2. The van der Waals surface area contributed by atoms with Crippen molar-refractivity contribution >= 4 is 23.0 Å². The van der Waals surface area contributed by atoms with Gasteiger partial charge in [-0.2, -0.15) is 0 Å². The van der Waals surface area contributed by atoms with Crippen LogP contribution in [0.3, 0.4) is 0 Å². The number of nitro benzene ring substituents is 1. The zero-order chi connectivity index (χ0) is 19.0. The highest BCUT2D eigenvalue weighted by Crippen LogP contribution is 2.37. The van der Waals surface area contributed by atoms with Crippen LogP contribution in [0.5, 0.6) is 0 Å². The van der Waals surface area contributed by atoms with E-state index in [2.05, 4.69) is 5.32 Å². The number of fused-ring (bicyclic) bond motifs is 2. The number of nitrogens with zero attached hydrogens (tertiary/aromatic N) is 2. The van der Waals surface area contributed by atoms with E-state index in [4.69, 9.17) is 0 Å². The molecular formula is C20H21N3O4. The summed E-state index contributed by atoms with van der Waals surface area (Å²) in [6, 6.07) is 13.8. The molecule has 140 valence electrons. The number of nitrogens with one attached hydrogen (secondary N) is 1. The molecule has 2 heterocycles. The highest BCUT2D eigenvalue weighted by molar-refractivity contribution is 5.96. The summed E-state index contributed by atoms with van der Waals surface area (Å²) in [5, 5.41) is 24.5. The van der Waals surface area contributed by atoms with Crippen molar-refractivity contribution in [3.8, 4) is 0 Å². The van der Waals surface area contributed by atoms with Gasteiger partial charge in [0.15, 0.2) is 0 Å². The summed E-state index contributed by atoms with van der Waals surface area (Å²) >= 11 is 0. The first-order valence-electron chi connectivity index (χ1n) is 9.14. The average molecular weight is 367 g/mol. The van der Waals surface area contributed by atoms with Gasteiger partial charge in [0.05, 0.1) is 11.0 Å². The van der Waals surface area contributed by atoms with Crippen LogP contribution in [0, 0.1) is 10.1 Å². The number of amides is 1. The predicted molar refractivity (Wildman–Crippen MR) is 101 cm³/mol. The lowest BCUT2D eigenvalue weighted by Crippen LogP contribution is -2.48. The van der Waals surface area contributed by atoms with Crippen LogP contribution in [0.1, 0.15) is 36.0 Å².